The van der Waals surface area contributed by atoms with Gasteiger partial charge in [-0.25, -0.2) is 4.79 Å². The third kappa shape index (κ3) is 5.04. The number of aromatic carboxylic acids is 1. The summed E-state index contributed by atoms with van der Waals surface area (Å²) in [5.74, 6) is -0.151. The number of hydrogen-bond donors (Lipinski definition) is 3. The first kappa shape index (κ1) is 17.9. The van der Waals surface area contributed by atoms with Crippen LogP contribution in [0.4, 0.5) is 5.69 Å². The molecule has 0 spiro atoms. The number of nitrogens with zero attached hydrogens (tertiary/aromatic N) is 1. The lowest BCUT2D eigenvalue weighted by atomic mass is 10.3. The Balaban J connectivity index is 1.92. The summed E-state index contributed by atoms with van der Waals surface area (Å²) in [5.41, 5.74) is 4.21. The number of rotatable bonds is 6. The number of carboxylic acids is 1. The summed E-state index contributed by atoms with van der Waals surface area (Å²) in [4.78, 5) is 11.9. The number of ether oxygens (including phenoxy) is 1. The lowest BCUT2D eigenvalue weighted by Gasteiger charge is -2.09. The largest absolute Gasteiger partial charge is 0.494 e. The molecule has 0 radical (unpaired) electrons. The van der Waals surface area contributed by atoms with E-state index in [0.29, 0.717) is 17.4 Å². The molecule has 0 saturated heterocycles. The predicted octanol–water partition coefficient (Wildman–Crippen LogP) is 3.56. The van der Waals surface area contributed by atoms with Crippen LogP contribution in [0.2, 0.25) is 0 Å². The normalized spacial score (nSPS) is 11.0. The first-order valence-electron chi connectivity index (χ1n) is 7.17. The molecule has 0 aliphatic heterocycles. The molecule has 0 aliphatic carbocycles. The van der Waals surface area contributed by atoms with Crippen molar-refractivity contribution < 1.29 is 14.6 Å². The minimum Gasteiger partial charge on any atom is -0.494 e. The van der Waals surface area contributed by atoms with Gasteiger partial charge in [-0.05, 0) is 62.5 Å². The molecular weight excluding hydrogens is 346 g/mol. The fourth-order valence-corrected chi connectivity index (χ4v) is 2.75. The zero-order chi connectivity index (χ0) is 17.5. The van der Waals surface area contributed by atoms with Crippen molar-refractivity contribution in [2.45, 2.75) is 13.8 Å². The lowest BCUT2D eigenvalue weighted by molar-refractivity contribution is 0.0702. The number of hydrogen-bond acceptors (Lipinski definition) is 5. The third-order valence-corrected chi connectivity index (χ3v) is 4.30. The van der Waals surface area contributed by atoms with Crippen LogP contribution < -0.4 is 15.5 Å². The van der Waals surface area contributed by atoms with Crippen molar-refractivity contribution >= 4 is 46.0 Å². The molecule has 0 aliphatic rings. The number of carboxylic acid groups (broad SMARTS) is 1. The quantitative estimate of drug-likeness (QED) is 0.414. The van der Waals surface area contributed by atoms with Gasteiger partial charge in [0, 0.05) is 5.69 Å². The third-order valence-electron chi connectivity index (χ3n) is 2.92. The van der Waals surface area contributed by atoms with Gasteiger partial charge in [-0.1, -0.05) is 0 Å². The van der Waals surface area contributed by atoms with E-state index in [2.05, 4.69) is 15.8 Å². The number of anilines is 1. The standard InChI is InChI=1S/C16H17N3O3S2/c1-3-22-12-6-4-11(5-7-12)17-16(23)19-18-10(2)13-8-9-14(24-13)15(20)21/h4-9H,3H2,1-2H3,(H,20,21)(H2,17,19,23)/b18-10-. The second-order valence-electron chi connectivity index (χ2n) is 4.69. The zero-order valence-corrected chi connectivity index (χ0v) is 14.8. The Morgan fingerprint density at radius 2 is 1.92 bits per heavy atom. The van der Waals surface area contributed by atoms with E-state index in [4.69, 9.17) is 22.1 Å². The van der Waals surface area contributed by atoms with E-state index in [9.17, 15) is 4.79 Å². The number of benzene rings is 1. The molecule has 0 amide bonds. The topological polar surface area (TPSA) is 83.0 Å². The molecule has 1 aromatic carbocycles. The van der Waals surface area contributed by atoms with Crippen LogP contribution in [0.25, 0.3) is 0 Å². The van der Waals surface area contributed by atoms with Gasteiger partial charge in [-0.3, -0.25) is 5.43 Å². The van der Waals surface area contributed by atoms with Crippen LogP contribution in [0.15, 0.2) is 41.5 Å². The number of hydrazone groups is 1. The number of thiocarbonyl (C=S) groups is 1. The Kier molecular flexibility index (Phi) is 6.28. The summed E-state index contributed by atoms with van der Waals surface area (Å²) < 4.78 is 5.37. The van der Waals surface area contributed by atoms with Crippen LogP contribution in [0, 0.1) is 0 Å². The summed E-state index contributed by atoms with van der Waals surface area (Å²) in [6.45, 7) is 4.33. The predicted molar refractivity (Wildman–Crippen MR) is 100 cm³/mol. The van der Waals surface area contributed by atoms with E-state index >= 15 is 0 Å². The first-order chi connectivity index (χ1) is 11.5. The molecule has 0 bridgehead atoms. The highest BCUT2D eigenvalue weighted by Crippen LogP contribution is 2.17. The minimum absolute atomic E-state index is 0.273. The fraction of sp³-hybridized carbons (Fsp3) is 0.188. The van der Waals surface area contributed by atoms with Crippen LogP contribution in [0.3, 0.4) is 0 Å². The smallest absolute Gasteiger partial charge is 0.345 e. The number of carbonyl (C=O) groups is 1. The van der Waals surface area contributed by atoms with Crippen LogP contribution in [-0.2, 0) is 0 Å². The van der Waals surface area contributed by atoms with Gasteiger partial charge in [0.15, 0.2) is 5.11 Å². The van der Waals surface area contributed by atoms with E-state index in [1.54, 1.807) is 19.1 Å². The van der Waals surface area contributed by atoms with Crippen LogP contribution >= 0.6 is 23.6 Å². The average Bonchev–Trinajstić information content (AvgIpc) is 3.05. The van der Waals surface area contributed by atoms with Crippen LogP contribution in [-0.4, -0.2) is 28.5 Å². The molecule has 1 aromatic heterocycles. The van der Waals surface area contributed by atoms with Gasteiger partial charge in [-0.2, -0.15) is 5.10 Å². The van der Waals surface area contributed by atoms with Gasteiger partial charge in [0.05, 0.1) is 17.2 Å². The molecule has 0 fully saturated rings. The van der Waals surface area contributed by atoms with E-state index in [0.717, 1.165) is 27.7 Å². The van der Waals surface area contributed by atoms with Gasteiger partial charge in [0.1, 0.15) is 10.6 Å². The average molecular weight is 363 g/mol. The monoisotopic (exact) mass is 363 g/mol. The number of nitrogens with one attached hydrogen (secondary N) is 2. The van der Waals surface area contributed by atoms with E-state index in [1.807, 2.05) is 31.2 Å². The van der Waals surface area contributed by atoms with Gasteiger partial charge in [0.25, 0.3) is 0 Å². The molecule has 0 saturated carbocycles. The molecule has 2 aromatic rings. The Labute approximate surface area is 149 Å². The number of thiophene rings is 1. The maximum absolute atomic E-state index is 10.9. The van der Waals surface area contributed by atoms with Gasteiger partial charge >= 0.3 is 5.97 Å². The molecule has 0 unspecified atom stereocenters. The maximum Gasteiger partial charge on any atom is 0.345 e. The molecule has 8 heteroatoms. The first-order valence-corrected chi connectivity index (χ1v) is 8.39. The molecule has 1 heterocycles. The van der Waals surface area contributed by atoms with Crippen molar-refractivity contribution in [1.82, 2.24) is 5.43 Å². The van der Waals surface area contributed by atoms with E-state index < -0.39 is 5.97 Å². The Hall–Kier alpha value is -2.45. The summed E-state index contributed by atoms with van der Waals surface area (Å²) in [7, 11) is 0. The molecule has 0 atom stereocenters. The zero-order valence-electron chi connectivity index (χ0n) is 13.2. The Morgan fingerprint density at radius 1 is 1.25 bits per heavy atom. The van der Waals surface area contributed by atoms with Gasteiger partial charge in [0.2, 0.25) is 0 Å². The van der Waals surface area contributed by atoms with Crippen molar-refractivity contribution in [3.8, 4) is 5.75 Å². The van der Waals surface area contributed by atoms with Gasteiger partial charge < -0.3 is 15.2 Å². The van der Waals surface area contributed by atoms with Crippen LogP contribution in [0.5, 0.6) is 5.75 Å². The SMILES string of the molecule is CCOc1ccc(NC(=S)N/N=C(/C)c2ccc(C(=O)O)s2)cc1. The summed E-state index contributed by atoms with van der Waals surface area (Å²) in [5, 5.41) is 16.4. The highest BCUT2D eigenvalue weighted by atomic mass is 32.1. The molecule has 2 rings (SSSR count). The Morgan fingerprint density at radius 3 is 2.50 bits per heavy atom. The molecule has 24 heavy (non-hydrogen) atoms. The molecular formula is C16H17N3O3S2. The van der Waals surface area contributed by atoms with Crippen molar-refractivity contribution in [1.29, 1.82) is 0 Å². The fourth-order valence-electron chi connectivity index (χ4n) is 1.80. The minimum atomic E-state index is -0.945. The summed E-state index contributed by atoms with van der Waals surface area (Å²) in [6, 6.07) is 10.7. The van der Waals surface area contributed by atoms with Crippen molar-refractivity contribution in [2.75, 3.05) is 11.9 Å². The van der Waals surface area contributed by atoms with Gasteiger partial charge in [-0.15, -0.1) is 11.3 Å². The second kappa shape index (κ2) is 8.42. The molecule has 126 valence electrons. The summed E-state index contributed by atoms with van der Waals surface area (Å²) in [6.07, 6.45) is 0. The maximum atomic E-state index is 10.9. The van der Waals surface area contributed by atoms with Crippen molar-refractivity contribution in [3.63, 3.8) is 0 Å². The highest BCUT2D eigenvalue weighted by Gasteiger charge is 2.08. The van der Waals surface area contributed by atoms with Crippen LogP contribution in [0.1, 0.15) is 28.4 Å². The van der Waals surface area contributed by atoms with E-state index in [1.165, 1.54) is 0 Å². The van der Waals surface area contributed by atoms with Crippen molar-refractivity contribution in [2.24, 2.45) is 5.10 Å². The summed E-state index contributed by atoms with van der Waals surface area (Å²) >= 11 is 6.35. The second-order valence-corrected chi connectivity index (χ2v) is 6.18. The Bertz CT molecular complexity index is 754. The van der Waals surface area contributed by atoms with Crippen molar-refractivity contribution in [3.05, 3.63) is 46.2 Å². The highest BCUT2D eigenvalue weighted by molar-refractivity contribution is 7.80. The molecule has 3 N–H and O–H groups in total. The molecule has 6 nitrogen and oxygen atoms in total. The lowest BCUT2D eigenvalue weighted by Crippen LogP contribution is -2.24. The van der Waals surface area contributed by atoms with E-state index in [-0.39, 0.29) is 4.88 Å².